The van der Waals surface area contributed by atoms with Gasteiger partial charge in [0.05, 0.1) is 19.8 Å². The van der Waals surface area contributed by atoms with Gasteiger partial charge in [0.15, 0.2) is 6.29 Å². The number of unbranched alkanes of at least 4 members (excludes halogenated alkanes) is 36. The lowest BCUT2D eigenvalue weighted by atomic mass is 9.99. The van der Waals surface area contributed by atoms with Crippen molar-refractivity contribution in [2.45, 2.75) is 327 Å². The van der Waals surface area contributed by atoms with Crippen LogP contribution in [-0.4, -0.2) is 89.6 Å². The standard InChI is InChI=1S/C64H118O9/c1-3-5-7-9-11-13-15-17-19-21-23-25-27-29-30-32-34-36-38-40-42-44-46-48-50-52-54-70-56-58(57-71-64-63(69)62(68)61(67)59(55-65)73-64)72-60(66)53-51-49-47-45-43-41-39-37-35-33-31-28-26-24-22-20-18-16-14-12-10-8-6-4-2/h5,7,11,13,17,19,23,25,58-59,61-65,67-69H,3-4,6,8-10,12,14-16,18,20-22,24,26-57H2,1-2H3/b7-5-,13-11-,19-17-,25-23-. The Labute approximate surface area is 450 Å². The maximum absolute atomic E-state index is 12.9. The molecule has 0 aliphatic carbocycles. The molecule has 9 nitrogen and oxygen atoms in total. The van der Waals surface area contributed by atoms with Crippen LogP contribution >= 0.6 is 0 Å². The molecular weight excluding hydrogens is 913 g/mol. The Morgan fingerprint density at radius 3 is 1.26 bits per heavy atom. The molecule has 73 heavy (non-hydrogen) atoms. The third-order valence-electron chi connectivity index (χ3n) is 14.5. The second-order valence-electron chi connectivity index (χ2n) is 21.5. The number of hydrogen-bond acceptors (Lipinski definition) is 9. The number of carbonyl (C=O) groups excluding carboxylic acids is 1. The van der Waals surface area contributed by atoms with Gasteiger partial charge in [0.2, 0.25) is 0 Å². The van der Waals surface area contributed by atoms with Gasteiger partial charge in [-0.1, -0.05) is 281 Å². The number of hydrogen-bond donors (Lipinski definition) is 4. The number of allylic oxidation sites excluding steroid dienone is 8. The van der Waals surface area contributed by atoms with E-state index in [1.165, 1.54) is 212 Å². The van der Waals surface area contributed by atoms with Crippen molar-refractivity contribution in [2.24, 2.45) is 0 Å². The molecule has 4 N–H and O–H groups in total. The van der Waals surface area contributed by atoms with Crippen molar-refractivity contribution in [3.8, 4) is 0 Å². The lowest BCUT2D eigenvalue weighted by Gasteiger charge is -2.39. The maximum Gasteiger partial charge on any atom is 0.306 e. The molecule has 1 fully saturated rings. The van der Waals surface area contributed by atoms with Crippen LogP contribution < -0.4 is 0 Å². The van der Waals surface area contributed by atoms with E-state index in [1.54, 1.807) is 0 Å². The van der Waals surface area contributed by atoms with Gasteiger partial charge in [0.25, 0.3) is 0 Å². The molecule has 6 atom stereocenters. The van der Waals surface area contributed by atoms with Gasteiger partial charge < -0.3 is 39.4 Å². The van der Waals surface area contributed by atoms with Crippen LogP contribution in [0.15, 0.2) is 48.6 Å². The van der Waals surface area contributed by atoms with Crippen LogP contribution in [0.2, 0.25) is 0 Å². The van der Waals surface area contributed by atoms with Crippen molar-refractivity contribution in [1.82, 2.24) is 0 Å². The van der Waals surface area contributed by atoms with Gasteiger partial charge in [0, 0.05) is 13.0 Å². The van der Waals surface area contributed by atoms with E-state index in [1.807, 2.05) is 0 Å². The lowest BCUT2D eigenvalue weighted by molar-refractivity contribution is -0.305. The van der Waals surface area contributed by atoms with Gasteiger partial charge in [-0.3, -0.25) is 4.79 Å². The fourth-order valence-corrected chi connectivity index (χ4v) is 9.72. The fourth-order valence-electron chi connectivity index (χ4n) is 9.72. The van der Waals surface area contributed by atoms with Crippen molar-refractivity contribution in [3.63, 3.8) is 0 Å². The van der Waals surface area contributed by atoms with Crippen LogP contribution in [0.1, 0.15) is 290 Å². The van der Waals surface area contributed by atoms with Gasteiger partial charge in [-0.25, -0.2) is 0 Å². The number of carbonyl (C=O) groups is 1. The number of aliphatic hydroxyl groups is 4. The highest BCUT2D eigenvalue weighted by molar-refractivity contribution is 5.69. The SMILES string of the molecule is CC/C=C\C/C=C\C/C=C\C/C=C\CCCCCCCCCCCCCCCOCC(COC1OC(CO)C(O)C(O)C1O)OC(=O)CCCCCCCCCCCCCCCCCCCCCCCCCC. The average molecular weight is 1030 g/mol. The van der Waals surface area contributed by atoms with Crippen molar-refractivity contribution in [1.29, 1.82) is 0 Å². The molecule has 1 saturated heterocycles. The Hall–Kier alpha value is -1.85. The number of esters is 1. The predicted octanol–water partition coefficient (Wildman–Crippen LogP) is 16.8. The minimum atomic E-state index is -1.54. The fraction of sp³-hybridized carbons (Fsp3) is 0.859. The van der Waals surface area contributed by atoms with Crippen LogP contribution in [0.5, 0.6) is 0 Å². The van der Waals surface area contributed by atoms with Crippen molar-refractivity contribution in [2.75, 3.05) is 26.4 Å². The average Bonchev–Trinajstić information content (AvgIpc) is 3.39. The third-order valence-corrected chi connectivity index (χ3v) is 14.5. The molecule has 1 aliphatic heterocycles. The molecule has 0 aromatic rings. The molecular formula is C64H118O9. The second-order valence-corrected chi connectivity index (χ2v) is 21.5. The van der Waals surface area contributed by atoms with E-state index in [0.29, 0.717) is 13.0 Å². The van der Waals surface area contributed by atoms with E-state index >= 15 is 0 Å². The highest BCUT2D eigenvalue weighted by Gasteiger charge is 2.44. The van der Waals surface area contributed by atoms with Gasteiger partial charge in [-0.2, -0.15) is 0 Å². The smallest absolute Gasteiger partial charge is 0.306 e. The monoisotopic (exact) mass is 1030 g/mol. The zero-order chi connectivity index (χ0) is 52.8. The largest absolute Gasteiger partial charge is 0.457 e. The van der Waals surface area contributed by atoms with Crippen molar-refractivity contribution >= 4 is 5.97 Å². The molecule has 0 aromatic carbocycles. The summed E-state index contributed by atoms with van der Waals surface area (Å²) in [5.74, 6) is -0.307. The van der Waals surface area contributed by atoms with Crippen LogP contribution in [0.3, 0.4) is 0 Å². The molecule has 0 saturated carbocycles. The summed E-state index contributed by atoms with van der Waals surface area (Å²) in [4.78, 5) is 12.9. The Bertz CT molecular complexity index is 1270. The molecule has 6 unspecified atom stereocenters. The van der Waals surface area contributed by atoms with Gasteiger partial charge in [-0.05, 0) is 51.4 Å². The van der Waals surface area contributed by atoms with Gasteiger partial charge >= 0.3 is 5.97 Å². The summed E-state index contributed by atoms with van der Waals surface area (Å²) in [6.07, 6.45) is 64.6. The molecule has 0 amide bonds. The highest BCUT2D eigenvalue weighted by atomic mass is 16.7. The van der Waals surface area contributed by atoms with E-state index in [2.05, 4.69) is 62.5 Å². The summed E-state index contributed by atoms with van der Waals surface area (Å²) in [6, 6.07) is 0. The first-order chi connectivity index (χ1) is 35.9. The highest BCUT2D eigenvalue weighted by Crippen LogP contribution is 2.23. The number of aliphatic hydroxyl groups excluding tert-OH is 4. The molecule has 1 heterocycles. The first kappa shape index (κ1) is 69.2. The molecule has 9 heteroatoms. The van der Waals surface area contributed by atoms with E-state index < -0.39 is 43.4 Å². The minimum absolute atomic E-state index is 0.111. The molecule has 0 aromatic heterocycles. The molecule has 0 radical (unpaired) electrons. The summed E-state index contributed by atoms with van der Waals surface area (Å²) in [6.45, 7) is 4.50. The summed E-state index contributed by atoms with van der Waals surface area (Å²) >= 11 is 0. The van der Waals surface area contributed by atoms with Crippen molar-refractivity contribution < 1.29 is 44.2 Å². The first-order valence-electron chi connectivity index (χ1n) is 31.2. The van der Waals surface area contributed by atoms with Gasteiger partial charge in [0.1, 0.15) is 30.5 Å². The van der Waals surface area contributed by atoms with Crippen LogP contribution in [0, 0.1) is 0 Å². The van der Waals surface area contributed by atoms with Crippen molar-refractivity contribution in [3.05, 3.63) is 48.6 Å². The van der Waals surface area contributed by atoms with Crippen LogP contribution in [0.25, 0.3) is 0 Å². The lowest BCUT2D eigenvalue weighted by Crippen LogP contribution is -2.59. The van der Waals surface area contributed by atoms with Crippen LogP contribution in [-0.2, 0) is 23.7 Å². The van der Waals surface area contributed by atoms with E-state index in [0.717, 1.165) is 57.8 Å². The first-order valence-corrected chi connectivity index (χ1v) is 31.2. The number of rotatable bonds is 55. The topological polar surface area (TPSA) is 135 Å². The summed E-state index contributed by atoms with van der Waals surface area (Å²) < 4.78 is 23.0. The summed E-state index contributed by atoms with van der Waals surface area (Å²) in [5.41, 5.74) is 0. The van der Waals surface area contributed by atoms with E-state index in [9.17, 15) is 25.2 Å². The van der Waals surface area contributed by atoms with E-state index in [4.69, 9.17) is 18.9 Å². The summed E-state index contributed by atoms with van der Waals surface area (Å²) in [5, 5.41) is 40.4. The Kier molecular flexibility index (Phi) is 52.0. The zero-order valence-corrected chi connectivity index (χ0v) is 47.6. The van der Waals surface area contributed by atoms with Crippen LogP contribution in [0.4, 0.5) is 0 Å². The molecule has 0 spiro atoms. The Balaban J connectivity index is 2.11. The molecule has 428 valence electrons. The molecule has 1 aliphatic rings. The molecule has 1 rings (SSSR count). The quantitative estimate of drug-likeness (QED) is 0.0267. The molecule has 0 bridgehead atoms. The third kappa shape index (κ3) is 44.9. The zero-order valence-electron chi connectivity index (χ0n) is 47.6. The second kappa shape index (κ2) is 54.9. The minimum Gasteiger partial charge on any atom is -0.457 e. The summed E-state index contributed by atoms with van der Waals surface area (Å²) in [7, 11) is 0. The van der Waals surface area contributed by atoms with E-state index in [-0.39, 0.29) is 19.2 Å². The Morgan fingerprint density at radius 1 is 0.452 bits per heavy atom. The van der Waals surface area contributed by atoms with Gasteiger partial charge in [-0.15, -0.1) is 0 Å². The predicted molar refractivity (Wildman–Crippen MR) is 307 cm³/mol. The Morgan fingerprint density at radius 2 is 0.836 bits per heavy atom. The maximum atomic E-state index is 12.9. The normalized spacial score (nSPS) is 18.9. The number of ether oxygens (including phenoxy) is 4.